The highest BCUT2D eigenvalue weighted by molar-refractivity contribution is 6.08. The maximum absolute atomic E-state index is 13.1. The Morgan fingerprint density at radius 1 is 0.690 bits per heavy atom. The summed E-state index contributed by atoms with van der Waals surface area (Å²) in [5.41, 5.74) is 1.77. The topological polar surface area (TPSA) is 26.3 Å². The molecule has 0 radical (unpaired) electrons. The number of benzene rings is 5. The first-order valence-corrected chi connectivity index (χ1v) is 9.88. The summed E-state index contributed by atoms with van der Waals surface area (Å²) in [6.07, 6.45) is 0.931. The lowest BCUT2D eigenvalue weighted by molar-refractivity contribution is 0.0739. The van der Waals surface area contributed by atoms with Crippen LogP contribution in [0.25, 0.3) is 32.3 Å². The van der Waals surface area contributed by atoms with Gasteiger partial charge in [-0.15, -0.1) is 0 Å². The Bertz CT molecular complexity index is 1380. The minimum absolute atomic E-state index is 0.338. The van der Waals surface area contributed by atoms with Crippen LogP contribution in [-0.4, -0.2) is 5.97 Å². The first-order chi connectivity index (χ1) is 14.2. The quantitative estimate of drug-likeness (QED) is 0.194. The van der Waals surface area contributed by atoms with E-state index in [1.54, 1.807) is 0 Å². The molecule has 2 nitrogen and oxygen atoms in total. The van der Waals surface area contributed by atoms with Gasteiger partial charge < -0.3 is 4.74 Å². The summed E-state index contributed by atoms with van der Waals surface area (Å²) in [6.45, 7) is 2.13. The number of ether oxygens (including phenoxy) is 1. The maximum atomic E-state index is 13.1. The van der Waals surface area contributed by atoms with Crippen LogP contribution in [0.3, 0.4) is 0 Å². The molecule has 29 heavy (non-hydrogen) atoms. The van der Waals surface area contributed by atoms with Gasteiger partial charge in [-0.05, 0) is 57.8 Å². The van der Waals surface area contributed by atoms with Gasteiger partial charge in [0.05, 0.1) is 5.56 Å². The monoisotopic (exact) mass is 376 g/mol. The number of carbonyl (C=O) groups is 1. The molecule has 0 aliphatic carbocycles. The third-order valence-corrected chi connectivity index (χ3v) is 5.47. The van der Waals surface area contributed by atoms with Crippen LogP contribution in [-0.2, 0) is 6.42 Å². The molecule has 0 spiro atoms. The van der Waals surface area contributed by atoms with Crippen molar-refractivity contribution in [3.05, 3.63) is 102 Å². The summed E-state index contributed by atoms with van der Waals surface area (Å²) in [4.78, 5) is 13.1. The third kappa shape index (κ3) is 3.13. The van der Waals surface area contributed by atoms with Gasteiger partial charge in [0, 0.05) is 10.8 Å². The molecule has 5 aromatic rings. The highest BCUT2D eigenvalue weighted by Crippen LogP contribution is 2.36. The zero-order valence-electron chi connectivity index (χ0n) is 16.2. The van der Waals surface area contributed by atoms with E-state index < -0.39 is 0 Å². The zero-order valence-corrected chi connectivity index (χ0v) is 16.2. The number of fused-ring (bicyclic) bond motifs is 3. The lowest BCUT2D eigenvalue weighted by Gasteiger charge is -2.13. The van der Waals surface area contributed by atoms with Crippen LogP contribution in [0, 0.1) is 0 Å². The Morgan fingerprint density at radius 3 is 2.21 bits per heavy atom. The molecule has 0 aliphatic rings. The zero-order chi connectivity index (χ0) is 19.8. The average Bonchev–Trinajstić information content (AvgIpc) is 2.78. The normalized spacial score (nSPS) is 11.2. The molecule has 140 valence electrons. The number of carbonyl (C=O) groups excluding carboxylic acids is 1. The standard InChI is InChI=1S/C27H20O2/c1-2-18-11-12-22-17-21-9-5-6-10-24(21)26(25(22)15-18)29-27(28)23-14-13-19-7-3-4-8-20(19)16-23/h3-17H,2H2,1H3. The molecule has 0 aliphatic heterocycles. The van der Waals surface area contributed by atoms with E-state index in [1.165, 1.54) is 5.56 Å². The van der Waals surface area contributed by atoms with Crippen LogP contribution in [0.5, 0.6) is 5.75 Å². The van der Waals surface area contributed by atoms with Crippen molar-refractivity contribution >= 4 is 38.3 Å². The molecule has 0 fully saturated rings. The van der Waals surface area contributed by atoms with E-state index in [0.29, 0.717) is 11.3 Å². The van der Waals surface area contributed by atoms with E-state index in [0.717, 1.165) is 38.7 Å². The summed E-state index contributed by atoms with van der Waals surface area (Å²) < 4.78 is 6.04. The van der Waals surface area contributed by atoms with E-state index in [-0.39, 0.29) is 5.97 Å². The van der Waals surface area contributed by atoms with Crippen LogP contribution in [0.2, 0.25) is 0 Å². The van der Waals surface area contributed by atoms with Gasteiger partial charge in [0.1, 0.15) is 5.75 Å². The molecule has 0 saturated heterocycles. The van der Waals surface area contributed by atoms with E-state index >= 15 is 0 Å². The largest absolute Gasteiger partial charge is 0.422 e. The molecular weight excluding hydrogens is 356 g/mol. The molecule has 0 atom stereocenters. The van der Waals surface area contributed by atoms with Gasteiger partial charge in [-0.2, -0.15) is 0 Å². The molecule has 5 aromatic carbocycles. The fourth-order valence-corrected chi connectivity index (χ4v) is 3.87. The summed E-state index contributed by atoms with van der Waals surface area (Å²) in [5.74, 6) is 0.293. The van der Waals surface area contributed by atoms with Crippen molar-refractivity contribution in [2.24, 2.45) is 0 Å². The molecule has 0 saturated carbocycles. The Labute approximate surface area is 169 Å². The molecule has 0 N–H and O–H groups in total. The fraction of sp³-hybridized carbons (Fsp3) is 0.0741. The van der Waals surface area contributed by atoms with Crippen LogP contribution >= 0.6 is 0 Å². The van der Waals surface area contributed by atoms with Crippen molar-refractivity contribution in [2.45, 2.75) is 13.3 Å². The van der Waals surface area contributed by atoms with Gasteiger partial charge in [-0.1, -0.05) is 73.7 Å². The SMILES string of the molecule is CCc1ccc2cc3ccccc3c(OC(=O)c3ccc4ccccc4c3)c2c1. The molecule has 0 unspecified atom stereocenters. The van der Waals surface area contributed by atoms with Gasteiger partial charge in [-0.25, -0.2) is 4.79 Å². The molecule has 0 bridgehead atoms. The summed E-state index contributed by atoms with van der Waals surface area (Å²) >= 11 is 0. The maximum Gasteiger partial charge on any atom is 0.343 e. The first kappa shape index (κ1) is 17.4. The Hall–Kier alpha value is -3.65. The molecule has 2 heteroatoms. The van der Waals surface area contributed by atoms with Gasteiger partial charge in [0.2, 0.25) is 0 Å². The number of hydrogen-bond donors (Lipinski definition) is 0. The van der Waals surface area contributed by atoms with E-state index in [9.17, 15) is 4.79 Å². The molecule has 0 heterocycles. The second kappa shape index (κ2) is 7.06. The van der Waals surface area contributed by atoms with E-state index in [2.05, 4.69) is 37.3 Å². The van der Waals surface area contributed by atoms with Gasteiger partial charge in [0.25, 0.3) is 0 Å². The van der Waals surface area contributed by atoms with Crippen LogP contribution in [0.15, 0.2) is 91.0 Å². The fourth-order valence-electron chi connectivity index (χ4n) is 3.87. The number of aryl methyl sites for hydroxylation is 1. The smallest absolute Gasteiger partial charge is 0.343 e. The van der Waals surface area contributed by atoms with Crippen molar-refractivity contribution in [1.82, 2.24) is 0 Å². The van der Waals surface area contributed by atoms with E-state index in [1.807, 2.05) is 60.7 Å². The molecule has 0 aromatic heterocycles. The second-order valence-electron chi connectivity index (χ2n) is 7.29. The lowest BCUT2D eigenvalue weighted by Crippen LogP contribution is -2.09. The van der Waals surface area contributed by atoms with E-state index in [4.69, 9.17) is 4.74 Å². The second-order valence-corrected chi connectivity index (χ2v) is 7.29. The molecule has 5 rings (SSSR count). The van der Waals surface area contributed by atoms with Crippen molar-refractivity contribution < 1.29 is 9.53 Å². The molecule has 0 amide bonds. The summed E-state index contributed by atoms with van der Waals surface area (Å²) in [5, 5.41) is 6.18. The number of rotatable bonds is 3. The highest BCUT2D eigenvalue weighted by atomic mass is 16.5. The lowest BCUT2D eigenvalue weighted by atomic mass is 9.99. The Morgan fingerprint density at radius 2 is 1.38 bits per heavy atom. The van der Waals surface area contributed by atoms with Crippen molar-refractivity contribution in [1.29, 1.82) is 0 Å². The van der Waals surface area contributed by atoms with Crippen LogP contribution < -0.4 is 4.74 Å². The Kier molecular flexibility index (Phi) is 4.25. The number of hydrogen-bond acceptors (Lipinski definition) is 2. The minimum atomic E-state index is -0.338. The highest BCUT2D eigenvalue weighted by Gasteiger charge is 2.15. The predicted octanol–water partition coefficient (Wildman–Crippen LogP) is 6.93. The minimum Gasteiger partial charge on any atom is -0.422 e. The predicted molar refractivity (Wildman–Crippen MR) is 120 cm³/mol. The van der Waals surface area contributed by atoms with Gasteiger partial charge in [-0.3, -0.25) is 0 Å². The van der Waals surface area contributed by atoms with Gasteiger partial charge in [0.15, 0.2) is 0 Å². The van der Waals surface area contributed by atoms with Crippen LogP contribution in [0.1, 0.15) is 22.8 Å². The van der Waals surface area contributed by atoms with Gasteiger partial charge >= 0.3 is 5.97 Å². The number of esters is 1. The van der Waals surface area contributed by atoms with Crippen LogP contribution in [0.4, 0.5) is 0 Å². The third-order valence-electron chi connectivity index (χ3n) is 5.47. The molecular formula is C27H20O2. The summed E-state index contributed by atoms with van der Waals surface area (Å²) in [7, 11) is 0. The average molecular weight is 376 g/mol. The first-order valence-electron chi connectivity index (χ1n) is 9.88. The van der Waals surface area contributed by atoms with Crippen molar-refractivity contribution in [3.63, 3.8) is 0 Å². The Balaban J connectivity index is 1.66. The van der Waals surface area contributed by atoms with Crippen molar-refractivity contribution in [2.75, 3.05) is 0 Å². The van der Waals surface area contributed by atoms with Crippen molar-refractivity contribution in [3.8, 4) is 5.75 Å². The summed E-state index contributed by atoms with van der Waals surface area (Å²) in [6, 6.07) is 30.3.